The third-order valence-electron chi connectivity index (χ3n) is 22.9. The molecule has 706 valence electrons. The first-order valence-electron chi connectivity index (χ1n) is 43.9. The number of nitriles is 1. The second kappa shape index (κ2) is 51.8. The molecule has 8 aromatic carbocycles. The predicted octanol–water partition coefficient (Wildman–Crippen LogP) is 9.95. The minimum absolute atomic E-state index is 0.0686. The van der Waals surface area contributed by atoms with E-state index >= 15 is 0 Å². The molecule has 0 spiro atoms. The maximum absolute atomic E-state index is 14.8. The lowest BCUT2D eigenvalue weighted by atomic mass is 9.88. The second-order valence-corrected chi connectivity index (χ2v) is 33.8. The molecule has 8 aromatic rings. The number of hydrogen-bond donors (Lipinski definition) is 12. The topological polar surface area (TPSA) is 513 Å². The van der Waals surface area contributed by atoms with E-state index in [4.69, 9.17) is 70.7 Å². The number of ether oxygens (including phenoxy) is 3. The Balaban J connectivity index is 0.000000315. The molecule has 0 unspecified atom stereocenters. The van der Waals surface area contributed by atoms with Crippen molar-refractivity contribution < 1.29 is 97.0 Å². The molecule has 0 radical (unpaired) electrons. The first-order chi connectivity index (χ1) is 63.6. The van der Waals surface area contributed by atoms with E-state index in [-0.39, 0.29) is 106 Å². The summed E-state index contributed by atoms with van der Waals surface area (Å²) in [5.74, 6) is -10.4. The number of phenols is 2. The van der Waals surface area contributed by atoms with Crippen LogP contribution in [0.25, 0.3) is 44.5 Å². The molecule has 0 saturated heterocycles. The lowest BCUT2D eigenvalue weighted by Crippen LogP contribution is -2.53. The minimum Gasteiger partial charge on any atom is -0.507 e. The van der Waals surface area contributed by atoms with Crippen molar-refractivity contribution in [3.05, 3.63) is 213 Å². The monoisotopic (exact) mass is 1860 g/mol. The summed E-state index contributed by atoms with van der Waals surface area (Å²) in [5, 5.41) is 58.7. The summed E-state index contributed by atoms with van der Waals surface area (Å²) in [6, 6.07) is 42.2. The summed E-state index contributed by atoms with van der Waals surface area (Å²) in [6.07, 6.45) is 1.76. The van der Waals surface area contributed by atoms with Gasteiger partial charge >= 0.3 is 5.97 Å². The summed E-state index contributed by atoms with van der Waals surface area (Å²) in [5.41, 5.74) is 30.7. The first kappa shape index (κ1) is 105. The average molecular weight is 1860 g/mol. The Bertz CT molecular complexity index is 5480. The molecule has 0 aliphatic carbocycles. The van der Waals surface area contributed by atoms with E-state index in [1.165, 1.54) is 69.8 Å². The Hall–Kier alpha value is -12.9. The van der Waals surface area contributed by atoms with Crippen molar-refractivity contribution in [3.63, 3.8) is 0 Å². The van der Waals surface area contributed by atoms with E-state index in [1.807, 2.05) is 48.5 Å². The molecule has 6 amide bonds. The number of halogens is 2. The molecule has 133 heavy (non-hydrogen) atoms. The fraction of sp³-hybridized carbons (Fsp3) is 0.380. The Morgan fingerprint density at radius 2 is 0.857 bits per heavy atom. The number of rotatable bonds is 35. The summed E-state index contributed by atoms with van der Waals surface area (Å²) in [7, 11) is 2.98. The first-order valence-corrected chi connectivity index (χ1v) is 44.7. The number of likely N-dealkylation sites (N-methyl/N-ethyl adjacent to an activating group) is 2. The number of nitrogens with one attached hydrogen (secondary N) is 4. The molecule has 2 heterocycles. The highest BCUT2D eigenvalue weighted by atomic mass is 35.5. The fourth-order valence-corrected chi connectivity index (χ4v) is 15.7. The highest BCUT2D eigenvalue weighted by Gasteiger charge is 2.40. The lowest BCUT2D eigenvalue weighted by molar-refractivity contribution is -0.146. The molecule has 0 fully saturated rings. The van der Waals surface area contributed by atoms with Crippen molar-refractivity contribution in [3.8, 4) is 73.6 Å². The molecule has 31 nitrogen and oxygen atoms in total. The second-order valence-electron chi connectivity index (χ2n) is 32.9. The molecule has 10 atom stereocenters. The van der Waals surface area contributed by atoms with Crippen molar-refractivity contribution in [2.24, 2.45) is 46.6 Å². The number of amides is 6. The lowest BCUT2D eigenvalue weighted by Gasteiger charge is -2.32. The summed E-state index contributed by atoms with van der Waals surface area (Å²) in [4.78, 5) is 181. The van der Waals surface area contributed by atoms with Crippen LogP contribution in [0, 0.1) is 35.0 Å². The molecular formula is C100H117Cl2N11O20. The molecular weight excluding hydrogens is 1750 g/mol. The smallest absolute Gasteiger partial charge is 0.303 e. The Labute approximate surface area is 783 Å². The number of hydrogen-bond acceptors (Lipinski definition) is 25. The van der Waals surface area contributed by atoms with Crippen LogP contribution in [-0.2, 0) is 70.3 Å². The number of fused-ring (bicyclic) bond motifs is 10. The van der Waals surface area contributed by atoms with E-state index in [9.17, 15) is 77.6 Å². The average Bonchev–Trinajstić information content (AvgIpc) is 0.781. The molecule has 16 N–H and O–H groups in total. The van der Waals surface area contributed by atoms with Crippen LogP contribution >= 0.6 is 23.2 Å². The minimum atomic E-state index is -1.28. The van der Waals surface area contributed by atoms with Crippen LogP contribution < -0.4 is 53.7 Å². The Kier molecular flexibility index (Phi) is 41.1. The molecule has 33 heteroatoms. The SMILES string of the molecule is CC(=O)OCC(=O)[C@H](C)NC(=O)[C@@H]1Cc2ccc(O)c(c2)-c2cc(ccc2OCCN)[C@H](N(C)C(=O)[C@H](CCCCN)CC(=O)c2ccc(-c3ccc(Cl)cc3)cc2)C(=O)C[C@@H](C)C(=O)N1.C[C@@H]1CC(=O)[C@@H](N(C)C(=O)[C@H](CCCCN)CC(=O)c2ccc(-c3ccc(Cl)cc3)cc2)c2ccc(OCCN)c(c2)-c2cc(ccc2O)C[C@@H](C(=O)N[C@@H](C)C(=O)CO)NC1=O.N#CCO. The van der Waals surface area contributed by atoms with Crippen molar-refractivity contribution in [1.29, 1.82) is 5.26 Å². The van der Waals surface area contributed by atoms with Gasteiger partial charge in [0.05, 0.1) is 18.2 Å². The van der Waals surface area contributed by atoms with E-state index in [0.717, 1.165) is 29.2 Å². The number of unbranched alkanes of at least 4 members (excludes halogenated alkanes) is 2. The number of nitrogens with zero attached hydrogens (tertiary/aromatic N) is 3. The zero-order valence-electron chi connectivity index (χ0n) is 75.5. The van der Waals surface area contributed by atoms with Gasteiger partial charge in [0.15, 0.2) is 41.3 Å². The van der Waals surface area contributed by atoms with Crippen molar-refractivity contribution in [1.82, 2.24) is 31.1 Å². The number of phenolic OH excluding ortho intramolecular Hbond substituents is 2. The maximum atomic E-state index is 14.8. The molecule has 8 bridgehead atoms. The Morgan fingerprint density at radius 1 is 0.496 bits per heavy atom. The van der Waals surface area contributed by atoms with Gasteiger partial charge in [0.2, 0.25) is 35.4 Å². The van der Waals surface area contributed by atoms with Gasteiger partial charge in [-0.25, -0.2) is 0 Å². The van der Waals surface area contributed by atoms with Crippen LogP contribution in [0.5, 0.6) is 23.0 Å². The van der Waals surface area contributed by atoms with E-state index in [2.05, 4.69) is 21.3 Å². The van der Waals surface area contributed by atoms with Crippen molar-refractivity contribution in [2.45, 2.75) is 148 Å². The van der Waals surface area contributed by atoms with E-state index < -0.39 is 138 Å². The Morgan fingerprint density at radius 3 is 1.20 bits per heavy atom. The highest BCUT2D eigenvalue weighted by molar-refractivity contribution is 6.31. The van der Waals surface area contributed by atoms with Gasteiger partial charge in [-0.3, -0.25) is 62.3 Å². The number of nitrogens with two attached hydrogens (primary N) is 4. The number of carbonyl (C=O) groups excluding carboxylic acids is 13. The third-order valence-corrected chi connectivity index (χ3v) is 23.4. The van der Waals surface area contributed by atoms with E-state index in [0.29, 0.717) is 118 Å². The van der Waals surface area contributed by atoms with Gasteiger partial charge in [-0.05, 0) is 170 Å². The zero-order valence-corrected chi connectivity index (χ0v) is 77.0. The van der Waals surface area contributed by atoms with Crippen LogP contribution in [0.1, 0.15) is 154 Å². The molecule has 2 aliphatic heterocycles. The number of aliphatic hydroxyl groups is 2. The van der Waals surface area contributed by atoms with Crippen LogP contribution in [0.2, 0.25) is 10.0 Å². The van der Waals surface area contributed by atoms with Gasteiger partial charge in [0, 0.05) is 140 Å². The van der Waals surface area contributed by atoms with Gasteiger partial charge in [0.25, 0.3) is 0 Å². The van der Waals surface area contributed by atoms with Gasteiger partial charge in [-0.15, -0.1) is 0 Å². The quantitative estimate of drug-likeness (QED) is 0.00760. The molecule has 0 aromatic heterocycles. The normalized spacial score (nSPS) is 16.9. The number of aliphatic hydroxyl groups excluding tert-OH is 2. The van der Waals surface area contributed by atoms with Crippen LogP contribution in [0.15, 0.2) is 170 Å². The van der Waals surface area contributed by atoms with Crippen molar-refractivity contribution >= 4 is 99.3 Å². The number of esters is 1. The van der Waals surface area contributed by atoms with Gasteiger partial charge in [-0.2, -0.15) is 5.26 Å². The summed E-state index contributed by atoms with van der Waals surface area (Å²) in [6.45, 7) is 6.63. The summed E-state index contributed by atoms with van der Waals surface area (Å²) < 4.78 is 16.8. The van der Waals surface area contributed by atoms with Crippen LogP contribution in [-0.4, -0.2) is 204 Å². The highest BCUT2D eigenvalue weighted by Crippen LogP contribution is 2.43. The molecule has 10 rings (SSSR count). The maximum Gasteiger partial charge on any atom is 0.303 e. The summed E-state index contributed by atoms with van der Waals surface area (Å²) >= 11 is 12.1. The predicted molar refractivity (Wildman–Crippen MR) is 502 cm³/mol. The van der Waals surface area contributed by atoms with Crippen molar-refractivity contribution in [2.75, 3.05) is 73.3 Å². The number of Topliss-reactive ketones (excluding diaryl/α,β-unsaturated/α-hetero) is 6. The standard InChI is InChI=1S/C50H58ClN5O10.C48H56ClN5O9.C2H3NO/c1-29-23-44(60)47(56(4)50(64)37(7-5-6-20-52)27-43(59)35-11-9-33(10-12-35)34-13-16-38(51)17-14-34)36-15-19-46(65-22-21-53)40(26-36)39-24-32(8-18-42(39)58)25-41(55-48(29)62)49(63)54-30(2)45(61)28-66-31(3)57;1-28-22-42(58)45(54(3)48(62)35(6-4-5-19-50)26-41(57)33-10-8-31(9-11-33)32-12-15-36(49)16-13-32)34-14-18-44(63-21-20-51)38(25-34)37-23-30(7-17-40(37)56)24-39(53-46(28)60)47(61)52-29(2)43(59)27-55;3-1-2-4/h8-19,24,26,29-30,37,41,47,58H,5-7,20-23,25,27-28,52-53H2,1-4H3,(H,54,63)(H,55,62);7-18,23,25,28-29,35,39,45,55-56H,4-6,19-22,24,26-27,50-51H2,1-3H3,(H,52,61)(H,53,60);4H,2H2/t29-,30+,37-,41+,47+;28-,29+,35-,39+,45+;/m11./s1. The number of carbonyl (C=O) groups is 13. The number of benzene rings is 8. The zero-order chi connectivity index (χ0) is 97.3. The van der Waals surface area contributed by atoms with E-state index in [1.54, 1.807) is 109 Å². The molecule has 2 aliphatic rings. The largest absolute Gasteiger partial charge is 0.507 e. The van der Waals surface area contributed by atoms with Gasteiger partial charge in [0.1, 0.15) is 73.6 Å². The molecule has 0 saturated carbocycles. The van der Waals surface area contributed by atoms with Crippen LogP contribution in [0.3, 0.4) is 0 Å². The van der Waals surface area contributed by atoms with Gasteiger partial charge in [-0.1, -0.05) is 147 Å². The number of ketones is 6. The third kappa shape index (κ3) is 30.1. The van der Waals surface area contributed by atoms with Crippen LogP contribution in [0.4, 0.5) is 0 Å². The fourth-order valence-electron chi connectivity index (χ4n) is 15.5. The van der Waals surface area contributed by atoms with Gasteiger partial charge < -0.3 is 88.6 Å². The number of aromatic hydroxyl groups is 2.